The molecule has 0 aliphatic rings. The van der Waals surface area contributed by atoms with E-state index in [0.717, 1.165) is 0 Å². The molecule has 0 spiro atoms. The van der Waals surface area contributed by atoms with Gasteiger partial charge in [-0.05, 0) is 0 Å². The minimum absolute atomic E-state index is 4.26. The van der Waals surface area contributed by atoms with Gasteiger partial charge in [-0.25, -0.2) is 0 Å². The number of hydrogen-bond acceptors (Lipinski definition) is 2. The van der Waals surface area contributed by atoms with E-state index >= 15 is 0 Å². The minimum atomic E-state index is -7.87. The second kappa shape index (κ2) is 4.95. The summed E-state index contributed by atoms with van der Waals surface area (Å²) in [5.41, 5.74) is 0. The predicted octanol–water partition coefficient (Wildman–Crippen LogP) is 3.86. The molecule has 0 aliphatic heterocycles. The third-order valence-corrected chi connectivity index (χ3v) is 2.77. The Hall–Kier alpha value is -1.15. The lowest BCUT2D eigenvalue weighted by atomic mass is 10.0. The maximum Gasteiger partial charge on any atom is 0.442 e. The molecular formula is C6F12O2S. The van der Waals surface area contributed by atoms with Crippen molar-refractivity contribution in [3.8, 4) is 0 Å². The Morgan fingerprint density at radius 2 is 1.05 bits per heavy atom. The van der Waals surface area contributed by atoms with Gasteiger partial charge in [0.05, 0.1) is 0 Å². The highest BCUT2D eigenvalue weighted by atomic mass is 32.3. The van der Waals surface area contributed by atoms with E-state index in [1.165, 1.54) is 0 Å². The van der Waals surface area contributed by atoms with Gasteiger partial charge < -0.3 is 0 Å². The van der Waals surface area contributed by atoms with Crippen LogP contribution in [0.5, 0.6) is 0 Å². The monoisotopic (exact) mass is 364 g/mol. The van der Waals surface area contributed by atoms with Crippen LogP contribution in [-0.4, -0.2) is 31.4 Å². The first-order chi connectivity index (χ1) is 8.85. The number of hydrogen-bond donors (Lipinski definition) is 0. The van der Waals surface area contributed by atoms with Crippen LogP contribution in [0.15, 0.2) is 11.9 Å². The highest BCUT2D eigenvalue weighted by molar-refractivity contribution is 7.87. The van der Waals surface area contributed by atoms with Crippen LogP contribution >= 0.6 is 0 Å². The fraction of sp³-hybridized carbons (Fsp3) is 0.667. The summed E-state index contributed by atoms with van der Waals surface area (Å²) in [6.45, 7) is 0. The molecule has 0 unspecified atom stereocenters. The van der Waals surface area contributed by atoms with Crippen molar-refractivity contribution in [2.45, 2.75) is 23.0 Å². The molecule has 0 amide bonds. The van der Waals surface area contributed by atoms with Gasteiger partial charge in [0.15, 0.2) is 0 Å². The molecule has 0 aromatic carbocycles. The molecule has 0 rings (SSSR count). The first-order valence-corrected chi connectivity index (χ1v) is 5.40. The van der Waals surface area contributed by atoms with Crippen LogP contribution in [0.4, 0.5) is 52.2 Å². The minimum Gasteiger partial charge on any atom is -0.199 e. The first-order valence-electron chi connectivity index (χ1n) is 4.02. The molecule has 0 heterocycles. The van der Waals surface area contributed by atoms with Crippen LogP contribution in [0.25, 0.3) is 0 Å². The normalized spacial score (nSPS) is 15.0. The lowest BCUT2D eigenvalue weighted by Crippen LogP contribution is -2.64. The van der Waals surface area contributed by atoms with E-state index < -0.39 is 45.2 Å². The molecule has 0 bridgehead atoms. The van der Waals surface area contributed by atoms with Crippen molar-refractivity contribution >= 4 is 10.2 Å². The Kier molecular flexibility index (Phi) is 4.67. The molecule has 0 aliphatic carbocycles. The molecular weight excluding hydrogens is 364 g/mol. The Morgan fingerprint density at radius 3 is 1.29 bits per heavy atom. The van der Waals surface area contributed by atoms with Crippen LogP contribution in [0, 0.1) is 0 Å². The number of rotatable bonds is 5. The maximum absolute atomic E-state index is 12.6. The standard InChI is InChI=1S/C6F12O2S/c7-1(2(8)9)3(10,11)4(12,13)5(14,15)6(16,17)21(18,19)20. The summed E-state index contributed by atoms with van der Waals surface area (Å²) in [6.07, 6.45) is -4.26. The van der Waals surface area contributed by atoms with E-state index in [4.69, 9.17) is 0 Å². The number of alkyl halides is 8. The van der Waals surface area contributed by atoms with Gasteiger partial charge in [-0.1, -0.05) is 3.89 Å². The molecule has 0 saturated carbocycles. The van der Waals surface area contributed by atoms with Gasteiger partial charge in [0.1, 0.15) is 0 Å². The molecule has 0 fully saturated rings. The van der Waals surface area contributed by atoms with Crippen LogP contribution in [-0.2, 0) is 10.2 Å². The summed E-state index contributed by atoms with van der Waals surface area (Å²) in [6, 6.07) is 0. The Morgan fingerprint density at radius 1 is 0.714 bits per heavy atom. The molecule has 126 valence electrons. The SMILES string of the molecule is O=S(=O)(F)C(F)(F)C(F)(F)C(F)(F)C(F)(F)C(F)=C(F)F. The van der Waals surface area contributed by atoms with Crippen LogP contribution in [0.3, 0.4) is 0 Å². The molecule has 0 aromatic heterocycles. The van der Waals surface area contributed by atoms with Crippen molar-refractivity contribution in [3.05, 3.63) is 11.9 Å². The van der Waals surface area contributed by atoms with Crippen LogP contribution in [0.1, 0.15) is 0 Å². The summed E-state index contributed by atoms with van der Waals surface area (Å²) in [7, 11) is -7.87. The van der Waals surface area contributed by atoms with Crippen molar-refractivity contribution in [1.82, 2.24) is 0 Å². The van der Waals surface area contributed by atoms with E-state index in [1.807, 2.05) is 0 Å². The average Bonchev–Trinajstić information content (AvgIpc) is 2.25. The van der Waals surface area contributed by atoms with E-state index in [1.54, 1.807) is 0 Å². The van der Waals surface area contributed by atoms with Gasteiger partial charge in [-0.15, -0.1) is 0 Å². The van der Waals surface area contributed by atoms with Gasteiger partial charge in [-0.2, -0.15) is 56.7 Å². The lowest BCUT2D eigenvalue weighted by Gasteiger charge is -2.33. The average molecular weight is 364 g/mol. The van der Waals surface area contributed by atoms with Crippen molar-refractivity contribution in [3.63, 3.8) is 0 Å². The zero-order valence-electron chi connectivity index (χ0n) is 8.76. The number of allylic oxidation sites excluding steroid dienone is 1. The second-order valence-corrected chi connectivity index (χ2v) is 4.64. The molecule has 21 heavy (non-hydrogen) atoms. The third kappa shape index (κ3) is 2.66. The lowest BCUT2D eigenvalue weighted by molar-refractivity contribution is -0.342. The van der Waals surface area contributed by atoms with Gasteiger partial charge in [0, 0.05) is 0 Å². The molecule has 0 atom stereocenters. The van der Waals surface area contributed by atoms with Crippen LogP contribution in [0.2, 0.25) is 0 Å². The van der Waals surface area contributed by atoms with E-state index in [-0.39, 0.29) is 0 Å². The zero-order chi connectivity index (χ0) is 17.7. The van der Waals surface area contributed by atoms with Gasteiger partial charge in [0.2, 0.25) is 5.83 Å². The Balaban J connectivity index is 6.33. The largest absolute Gasteiger partial charge is 0.442 e. The second-order valence-electron chi connectivity index (χ2n) is 3.25. The van der Waals surface area contributed by atoms with Gasteiger partial charge in [-0.3, -0.25) is 0 Å². The Labute approximate surface area is 107 Å². The van der Waals surface area contributed by atoms with Crippen molar-refractivity contribution in [1.29, 1.82) is 0 Å². The topological polar surface area (TPSA) is 34.1 Å². The molecule has 15 heteroatoms. The third-order valence-electron chi connectivity index (χ3n) is 1.90. The van der Waals surface area contributed by atoms with Crippen molar-refractivity contribution < 1.29 is 60.6 Å². The Bertz CT molecular complexity index is 542. The summed E-state index contributed by atoms with van der Waals surface area (Å²) >= 11 is 0. The predicted molar refractivity (Wildman–Crippen MR) is 40.2 cm³/mol. The van der Waals surface area contributed by atoms with Crippen LogP contribution < -0.4 is 0 Å². The highest BCUT2D eigenvalue weighted by Crippen LogP contribution is 2.57. The van der Waals surface area contributed by atoms with Gasteiger partial charge >= 0.3 is 39.3 Å². The zero-order valence-corrected chi connectivity index (χ0v) is 9.58. The maximum atomic E-state index is 12.6. The van der Waals surface area contributed by atoms with E-state index in [9.17, 15) is 60.6 Å². The fourth-order valence-corrected chi connectivity index (χ4v) is 1.22. The molecule has 0 radical (unpaired) electrons. The fourth-order valence-electron chi connectivity index (χ4n) is 0.790. The summed E-state index contributed by atoms with van der Waals surface area (Å²) in [4.78, 5) is 0. The van der Waals surface area contributed by atoms with E-state index in [2.05, 4.69) is 0 Å². The van der Waals surface area contributed by atoms with Gasteiger partial charge in [0.25, 0.3) is 0 Å². The van der Waals surface area contributed by atoms with Crippen molar-refractivity contribution in [2.75, 3.05) is 0 Å². The smallest absolute Gasteiger partial charge is 0.199 e. The summed E-state index contributed by atoms with van der Waals surface area (Å²) in [5, 5.41) is -7.44. The molecule has 0 N–H and O–H groups in total. The first kappa shape index (κ1) is 19.9. The summed E-state index contributed by atoms with van der Waals surface area (Å²) in [5.74, 6) is -27.2. The van der Waals surface area contributed by atoms with Crippen molar-refractivity contribution in [2.24, 2.45) is 0 Å². The molecule has 0 saturated heterocycles. The summed E-state index contributed by atoms with van der Waals surface area (Å²) < 4.78 is 166. The quantitative estimate of drug-likeness (QED) is 0.549. The number of halogens is 12. The molecule has 0 aromatic rings. The highest BCUT2D eigenvalue weighted by Gasteiger charge is 2.86. The molecule has 2 nitrogen and oxygen atoms in total. The van der Waals surface area contributed by atoms with E-state index in [0.29, 0.717) is 0 Å².